The van der Waals surface area contributed by atoms with Gasteiger partial charge in [0.05, 0.1) is 16.8 Å². The van der Waals surface area contributed by atoms with Crippen molar-refractivity contribution >= 4 is 17.6 Å². The molecule has 6 nitrogen and oxygen atoms in total. The van der Waals surface area contributed by atoms with E-state index in [0.29, 0.717) is 5.69 Å². The summed E-state index contributed by atoms with van der Waals surface area (Å²) in [6, 6.07) is 16.5. The van der Waals surface area contributed by atoms with Crippen molar-refractivity contribution < 1.29 is 4.92 Å². The van der Waals surface area contributed by atoms with Gasteiger partial charge in [-0.25, -0.2) is 0 Å². The predicted octanol–water partition coefficient (Wildman–Crippen LogP) is 4.76. The molecule has 0 aliphatic carbocycles. The number of nitrogens with one attached hydrogen (secondary N) is 1. The van der Waals surface area contributed by atoms with Crippen LogP contribution in [0.5, 0.6) is 0 Å². The van der Waals surface area contributed by atoms with E-state index in [-0.39, 0.29) is 5.69 Å². The number of para-hydroxylation sites is 1. The third-order valence-corrected chi connectivity index (χ3v) is 4.30. The molecule has 2 aromatic carbocycles. The van der Waals surface area contributed by atoms with Gasteiger partial charge in [0.1, 0.15) is 0 Å². The van der Waals surface area contributed by atoms with Crippen LogP contribution in [0.4, 0.5) is 11.4 Å². The van der Waals surface area contributed by atoms with Crippen molar-refractivity contribution in [1.29, 1.82) is 0 Å². The number of anilines is 1. The standard InChI is InChI=1S/C20H20N4O2/c1-14-6-4-5-7-20(14)23-15(2)12-17(16(23)3)13-21-22-18-8-10-19(11-9-18)24(25)26/h4-13,22H,1-3H3/b21-13-. The molecule has 6 heteroatoms. The van der Waals surface area contributed by atoms with Gasteiger partial charge < -0.3 is 4.57 Å². The molecular weight excluding hydrogens is 328 g/mol. The summed E-state index contributed by atoms with van der Waals surface area (Å²) in [6.07, 6.45) is 1.76. The number of nitro benzene ring substituents is 1. The topological polar surface area (TPSA) is 72.5 Å². The van der Waals surface area contributed by atoms with Crippen molar-refractivity contribution in [3.63, 3.8) is 0 Å². The van der Waals surface area contributed by atoms with Gasteiger partial charge in [-0.15, -0.1) is 0 Å². The third-order valence-electron chi connectivity index (χ3n) is 4.30. The minimum absolute atomic E-state index is 0.0568. The van der Waals surface area contributed by atoms with E-state index in [1.807, 2.05) is 12.1 Å². The van der Waals surface area contributed by atoms with Gasteiger partial charge in [-0.2, -0.15) is 5.10 Å². The van der Waals surface area contributed by atoms with Crippen molar-refractivity contribution in [3.8, 4) is 5.69 Å². The van der Waals surface area contributed by atoms with Crippen LogP contribution in [-0.2, 0) is 0 Å². The fourth-order valence-corrected chi connectivity index (χ4v) is 2.94. The molecule has 0 unspecified atom stereocenters. The molecule has 1 heterocycles. The van der Waals surface area contributed by atoms with Crippen LogP contribution >= 0.6 is 0 Å². The Balaban J connectivity index is 1.80. The smallest absolute Gasteiger partial charge is 0.269 e. The molecule has 0 amide bonds. The van der Waals surface area contributed by atoms with Crippen LogP contribution in [0.25, 0.3) is 5.69 Å². The summed E-state index contributed by atoms with van der Waals surface area (Å²) in [7, 11) is 0. The molecule has 26 heavy (non-hydrogen) atoms. The molecule has 0 bridgehead atoms. The summed E-state index contributed by atoms with van der Waals surface area (Å²) in [6.45, 7) is 6.23. The number of nitro groups is 1. The summed E-state index contributed by atoms with van der Waals surface area (Å²) in [5, 5.41) is 14.9. The average molecular weight is 348 g/mol. The Morgan fingerprint density at radius 1 is 1.08 bits per heavy atom. The van der Waals surface area contributed by atoms with Gasteiger partial charge >= 0.3 is 0 Å². The highest BCUT2D eigenvalue weighted by atomic mass is 16.6. The number of hydrogen-bond acceptors (Lipinski definition) is 4. The second kappa shape index (κ2) is 7.23. The molecule has 0 radical (unpaired) electrons. The predicted molar refractivity (Wildman–Crippen MR) is 104 cm³/mol. The van der Waals surface area contributed by atoms with Crippen LogP contribution in [-0.4, -0.2) is 15.7 Å². The zero-order valence-corrected chi connectivity index (χ0v) is 14.9. The minimum Gasteiger partial charge on any atom is -0.318 e. The van der Waals surface area contributed by atoms with Crippen LogP contribution in [0.15, 0.2) is 59.7 Å². The molecule has 1 N–H and O–H groups in total. The summed E-state index contributed by atoms with van der Waals surface area (Å²) >= 11 is 0. The Morgan fingerprint density at radius 2 is 1.77 bits per heavy atom. The maximum Gasteiger partial charge on any atom is 0.269 e. The molecule has 0 aliphatic heterocycles. The first-order valence-electron chi connectivity index (χ1n) is 8.26. The fourth-order valence-electron chi connectivity index (χ4n) is 2.94. The molecular formula is C20H20N4O2. The maximum atomic E-state index is 10.7. The quantitative estimate of drug-likeness (QED) is 0.410. The van der Waals surface area contributed by atoms with E-state index in [1.165, 1.54) is 17.7 Å². The summed E-state index contributed by atoms with van der Waals surface area (Å²) < 4.78 is 2.21. The molecule has 3 rings (SSSR count). The highest BCUT2D eigenvalue weighted by Gasteiger charge is 2.10. The second-order valence-corrected chi connectivity index (χ2v) is 6.12. The molecule has 0 saturated heterocycles. The molecule has 0 spiro atoms. The Hall–Kier alpha value is -3.41. The number of hydrogen-bond donors (Lipinski definition) is 1. The first-order valence-corrected chi connectivity index (χ1v) is 8.26. The van der Waals surface area contributed by atoms with Gasteiger partial charge in [0.15, 0.2) is 0 Å². The normalized spacial score (nSPS) is 11.0. The number of nitrogens with zero attached hydrogens (tertiary/aromatic N) is 3. The van der Waals surface area contributed by atoms with Gasteiger partial charge in [0.2, 0.25) is 0 Å². The van der Waals surface area contributed by atoms with Gasteiger partial charge in [0.25, 0.3) is 5.69 Å². The van der Waals surface area contributed by atoms with E-state index in [1.54, 1.807) is 18.3 Å². The van der Waals surface area contributed by atoms with Crippen molar-refractivity contribution in [2.75, 3.05) is 5.43 Å². The highest BCUT2D eigenvalue weighted by Crippen LogP contribution is 2.22. The highest BCUT2D eigenvalue weighted by molar-refractivity contribution is 5.82. The number of benzene rings is 2. The van der Waals surface area contributed by atoms with Gasteiger partial charge in [-0.1, -0.05) is 18.2 Å². The van der Waals surface area contributed by atoms with E-state index in [9.17, 15) is 10.1 Å². The van der Waals surface area contributed by atoms with E-state index in [4.69, 9.17) is 0 Å². The molecule has 0 atom stereocenters. The Labute approximate surface area is 151 Å². The Kier molecular flexibility index (Phi) is 4.84. The van der Waals surface area contributed by atoms with Crippen LogP contribution in [0.2, 0.25) is 0 Å². The average Bonchev–Trinajstić information content (AvgIpc) is 2.90. The first-order chi connectivity index (χ1) is 12.5. The molecule has 0 saturated carbocycles. The molecule has 132 valence electrons. The van der Waals surface area contributed by atoms with Gasteiger partial charge in [-0.3, -0.25) is 15.5 Å². The largest absolute Gasteiger partial charge is 0.318 e. The lowest BCUT2D eigenvalue weighted by Crippen LogP contribution is -2.01. The lowest BCUT2D eigenvalue weighted by molar-refractivity contribution is -0.384. The maximum absolute atomic E-state index is 10.7. The van der Waals surface area contributed by atoms with Crippen molar-refractivity contribution in [2.45, 2.75) is 20.8 Å². The summed E-state index contributed by atoms with van der Waals surface area (Å²) in [5.41, 5.74) is 9.27. The summed E-state index contributed by atoms with van der Waals surface area (Å²) in [4.78, 5) is 10.3. The number of aromatic nitrogens is 1. The van der Waals surface area contributed by atoms with Crippen molar-refractivity contribution in [2.24, 2.45) is 5.10 Å². The zero-order valence-electron chi connectivity index (χ0n) is 14.9. The van der Waals surface area contributed by atoms with Gasteiger partial charge in [-0.05, 0) is 50.6 Å². The number of non-ortho nitro benzene ring substituents is 1. The second-order valence-electron chi connectivity index (χ2n) is 6.12. The van der Waals surface area contributed by atoms with Crippen LogP contribution in [0.3, 0.4) is 0 Å². The third kappa shape index (κ3) is 3.49. The van der Waals surface area contributed by atoms with Crippen LogP contribution < -0.4 is 5.43 Å². The summed E-state index contributed by atoms with van der Waals surface area (Å²) in [5.74, 6) is 0. The van der Waals surface area contributed by atoms with E-state index < -0.39 is 4.92 Å². The fraction of sp³-hybridized carbons (Fsp3) is 0.150. The molecule has 3 aromatic rings. The minimum atomic E-state index is -0.423. The number of rotatable bonds is 5. The first kappa shape index (κ1) is 17.4. The Bertz CT molecular complexity index is 972. The van der Waals surface area contributed by atoms with Crippen LogP contribution in [0, 0.1) is 30.9 Å². The van der Waals surface area contributed by atoms with Crippen molar-refractivity contribution in [1.82, 2.24) is 4.57 Å². The lowest BCUT2D eigenvalue weighted by Gasteiger charge is -2.12. The monoisotopic (exact) mass is 348 g/mol. The molecule has 0 fully saturated rings. The zero-order chi connectivity index (χ0) is 18.7. The van der Waals surface area contributed by atoms with E-state index in [2.05, 4.69) is 54.1 Å². The molecule has 1 aromatic heterocycles. The van der Waals surface area contributed by atoms with E-state index >= 15 is 0 Å². The lowest BCUT2D eigenvalue weighted by atomic mass is 10.2. The van der Waals surface area contributed by atoms with Crippen LogP contribution in [0.1, 0.15) is 22.5 Å². The molecule has 0 aliphatic rings. The van der Waals surface area contributed by atoms with E-state index in [0.717, 1.165) is 22.6 Å². The van der Waals surface area contributed by atoms with Gasteiger partial charge in [0, 0.05) is 34.8 Å². The number of hydrazone groups is 1. The number of aryl methyl sites for hydroxylation is 2. The SMILES string of the molecule is Cc1ccccc1-n1c(C)cc(/C=N\Nc2ccc([N+](=O)[O-])cc2)c1C. The Morgan fingerprint density at radius 3 is 2.42 bits per heavy atom. The van der Waals surface area contributed by atoms with Crippen molar-refractivity contribution in [3.05, 3.63) is 87.2 Å².